The van der Waals surface area contributed by atoms with Gasteiger partial charge in [-0.15, -0.1) is 0 Å². The van der Waals surface area contributed by atoms with Crippen molar-refractivity contribution in [2.45, 2.75) is 8.56 Å². The summed E-state index contributed by atoms with van der Waals surface area (Å²) >= 11 is 10.1. The maximum absolute atomic E-state index is 10.1. The van der Waals surface area contributed by atoms with E-state index in [2.05, 4.69) is 47.8 Å². The highest BCUT2D eigenvalue weighted by Crippen LogP contribution is 2.54. The Hall–Kier alpha value is -0.920. The van der Waals surface area contributed by atoms with E-state index >= 15 is 0 Å². The molecule has 0 aromatic heterocycles. The molecule has 1 heterocycles. The second-order valence-electron chi connectivity index (χ2n) is 4.49. The summed E-state index contributed by atoms with van der Waals surface area (Å²) in [7, 11) is 0. The van der Waals surface area contributed by atoms with Gasteiger partial charge in [0.05, 0.1) is 0 Å². The minimum absolute atomic E-state index is 0.237. The second-order valence-corrected chi connectivity index (χ2v) is 11.7. The van der Waals surface area contributed by atoms with Crippen molar-refractivity contribution in [3.8, 4) is 34.5 Å². The highest BCUT2D eigenvalue weighted by atomic mass is 80.0. The van der Waals surface area contributed by atoms with Crippen molar-refractivity contribution in [1.82, 2.24) is 0 Å². The zero-order valence-electron chi connectivity index (χ0n) is 10.4. The number of aromatic hydroxyl groups is 2. The molecule has 0 saturated heterocycles. The minimum Gasteiger partial charge on any atom is -0.504 e. The largest absolute Gasteiger partial charge is 0.504 e. The van der Waals surface area contributed by atoms with Crippen molar-refractivity contribution >= 4 is 47.8 Å². The topological polar surface area (TPSA) is 58.9 Å². The first-order valence-electron chi connectivity index (χ1n) is 5.94. The summed E-state index contributed by atoms with van der Waals surface area (Å²) in [6.07, 6.45) is 0.307. The Morgan fingerprint density at radius 1 is 0.952 bits per heavy atom. The van der Waals surface area contributed by atoms with Gasteiger partial charge in [0.15, 0.2) is 34.5 Å². The van der Waals surface area contributed by atoms with Gasteiger partial charge < -0.3 is 19.7 Å². The number of para-hydroxylation sites is 2. The Morgan fingerprint density at radius 3 is 2.19 bits per heavy atom. The molecule has 1 aliphatic rings. The van der Waals surface area contributed by atoms with E-state index in [-0.39, 0.29) is 11.5 Å². The fourth-order valence-corrected chi connectivity index (χ4v) is 2.91. The van der Waals surface area contributed by atoms with Crippen molar-refractivity contribution in [3.63, 3.8) is 0 Å². The highest BCUT2D eigenvalue weighted by Gasteiger charge is 2.30. The van der Waals surface area contributed by atoms with Gasteiger partial charge in [0, 0.05) is 18.1 Å². The quantitative estimate of drug-likeness (QED) is 0.363. The first-order valence-corrected chi connectivity index (χ1v) is 8.32. The molecule has 2 N–H and O–H groups in total. The van der Waals surface area contributed by atoms with Gasteiger partial charge in [-0.05, 0) is 12.1 Å². The summed E-state index contributed by atoms with van der Waals surface area (Å²) in [4.78, 5) is 0. The number of ether oxygens (including phenoxy) is 2. The summed E-state index contributed by atoms with van der Waals surface area (Å²) in [5.41, 5.74) is 0.421. The average Bonchev–Trinajstić information content (AvgIpc) is 2.41. The summed E-state index contributed by atoms with van der Waals surface area (Å²) in [5, 5.41) is 20.0. The van der Waals surface area contributed by atoms with Crippen LogP contribution in [0, 0.1) is 0 Å². The Kier molecular flexibility index (Phi) is 3.83. The van der Waals surface area contributed by atoms with E-state index in [1.165, 1.54) is 6.07 Å². The molecule has 0 amide bonds. The number of halogens is 3. The van der Waals surface area contributed by atoms with Crippen LogP contribution in [0.1, 0.15) is 5.56 Å². The van der Waals surface area contributed by atoms with Crippen LogP contribution in [0.4, 0.5) is 0 Å². The van der Waals surface area contributed by atoms with E-state index in [1.807, 2.05) is 12.1 Å². The highest BCUT2D eigenvalue weighted by molar-refractivity contribution is 9.39. The molecular formula is C14H9Br3O4. The molecule has 0 saturated carbocycles. The first kappa shape index (κ1) is 15.0. The van der Waals surface area contributed by atoms with Crippen molar-refractivity contribution in [2.24, 2.45) is 0 Å². The number of fused-ring (bicyclic) bond motifs is 2. The van der Waals surface area contributed by atoms with Crippen molar-refractivity contribution in [1.29, 1.82) is 0 Å². The minimum atomic E-state index is -0.633. The van der Waals surface area contributed by atoms with Crippen LogP contribution in [0.25, 0.3) is 0 Å². The first-order chi connectivity index (χ1) is 9.85. The van der Waals surface area contributed by atoms with E-state index in [0.717, 1.165) is 0 Å². The number of rotatable bonds is 1. The lowest BCUT2D eigenvalue weighted by atomic mass is 10.1. The lowest BCUT2D eigenvalue weighted by Gasteiger charge is -2.25. The van der Waals surface area contributed by atoms with Crippen LogP contribution in [0.5, 0.6) is 34.5 Å². The lowest BCUT2D eigenvalue weighted by molar-refractivity contribution is 0.341. The molecule has 1 aliphatic heterocycles. The molecule has 2 aromatic rings. The van der Waals surface area contributed by atoms with Crippen LogP contribution in [0.3, 0.4) is 0 Å². The predicted molar refractivity (Wildman–Crippen MR) is 89.6 cm³/mol. The van der Waals surface area contributed by atoms with Gasteiger partial charge in [-0.25, -0.2) is 0 Å². The zero-order chi connectivity index (χ0) is 15.2. The van der Waals surface area contributed by atoms with E-state index < -0.39 is 2.14 Å². The number of phenols is 2. The molecule has 2 aromatic carbocycles. The van der Waals surface area contributed by atoms with Gasteiger partial charge in [0.25, 0.3) is 0 Å². The van der Waals surface area contributed by atoms with E-state index in [9.17, 15) is 10.2 Å². The molecule has 21 heavy (non-hydrogen) atoms. The summed E-state index contributed by atoms with van der Waals surface area (Å²) in [6.45, 7) is 0. The fourth-order valence-electron chi connectivity index (χ4n) is 2.07. The standard InChI is InChI=1S/C14H9Br3O4/c15-14(16,17)6-7-12(19)8(18)5-11-13(7)21-10-4-2-1-3-9(10)20-11/h1-5,18-19H,6H2. The third-order valence-corrected chi connectivity index (χ3v) is 3.79. The number of hydrogen-bond donors (Lipinski definition) is 2. The van der Waals surface area contributed by atoms with E-state index in [4.69, 9.17) is 9.47 Å². The van der Waals surface area contributed by atoms with Gasteiger partial charge in [0.2, 0.25) is 0 Å². The molecule has 0 atom stereocenters. The Balaban J connectivity index is 2.13. The van der Waals surface area contributed by atoms with Gasteiger partial charge >= 0.3 is 0 Å². The molecule has 0 unspecified atom stereocenters. The SMILES string of the molecule is Oc1cc2c(c(CC(Br)(Br)Br)c1O)Oc1ccccc1O2. The maximum atomic E-state index is 10.1. The monoisotopic (exact) mass is 478 g/mol. The normalized spacial score (nSPS) is 12.9. The zero-order valence-corrected chi connectivity index (χ0v) is 15.2. The third-order valence-electron chi connectivity index (χ3n) is 2.95. The molecule has 0 aliphatic carbocycles. The Labute approximate surface area is 146 Å². The molecule has 4 nitrogen and oxygen atoms in total. The lowest BCUT2D eigenvalue weighted by Crippen LogP contribution is -2.09. The Bertz CT molecular complexity index is 710. The molecule has 3 rings (SSSR count). The van der Waals surface area contributed by atoms with Gasteiger partial charge in [0.1, 0.15) is 2.14 Å². The number of phenolic OH excluding ortho intramolecular Hbond substituents is 2. The Morgan fingerprint density at radius 2 is 1.57 bits per heavy atom. The van der Waals surface area contributed by atoms with Crippen LogP contribution >= 0.6 is 47.8 Å². The van der Waals surface area contributed by atoms with Crippen molar-refractivity contribution in [2.75, 3.05) is 0 Å². The molecular weight excluding hydrogens is 472 g/mol. The molecule has 0 spiro atoms. The molecule has 0 fully saturated rings. The van der Waals surface area contributed by atoms with Gasteiger partial charge in [-0.2, -0.15) is 0 Å². The second kappa shape index (κ2) is 5.37. The number of hydrogen-bond acceptors (Lipinski definition) is 4. The van der Waals surface area contributed by atoms with E-state index in [1.54, 1.807) is 12.1 Å². The average molecular weight is 481 g/mol. The molecule has 0 radical (unpaired) electrons. The van der Waals surface area contributed by atoms with Crippen LogP contribution in [0.2, 0.25) is 0 Å². The molecule has 7 heteroatoms. The smallest absolute Gasteiger partial charge is 0.177 e. The van der Waals surface area contributed by atoms with E-state index in [0.29, 0.717) is 35.0 Å². The number of alkyl halides is 3. The van der Waals surface area contributed by atoms with Crippen LogP contribution in [-0.2, 0) is 6.42 Å². The summed E-state index contributed by atoms with van der Waals surface area (Å²) < 4.78 is 10.9. The maximum Gasteiger partial charge on any atom is 0.177 e. The third kappa shape index (κ3) is 3.00. The molecule has 110 valence electrons. The number of benzene rings is 2. The van der Waals surface area contributed by atoms with Crippen molar-refractivity contribution < 1.29 is 19.7 Å². The van der Waals surface area contributed by atoms with Gasteiger partial charge in [-0.1, -0.05) is 59.9 Å². The molecule has 0 bridgehead atoms. The van der Waals surface area contributed by atoms with Crippen LogP contribution in [0.15, 0.2) is 30.3 Å². The van der Waals surface area contributed by atoms with Crippen LogP contribution < -0.4 is 9.47 Å². The fraction of sp³-hybridized carbons (Fsp3) is 0.143. The predicted octanol–water partition coefficient (Wildman–Crippen LogP) is 5.38. The van der Waals surface area contributed by atoms with Crippen molar-refractivity contribution in [3.05, 3.63) is 35.9 Å². The van der Waals surface area contributed by atoms with Crippen LogP contribution in [-0.4, -0.2) is 12.4 Å². The summed E-state index contributed by atoms with van der Waals surface area (Å²) in [5.74, 6) is 1.36. The summed E-state index contributed by atoms with van der Waals surface area (Å²) in [6, 6.07) is 8.54. The van der Waals surface area contributed by atoms with Gasteiger partial charge in [-0.3, -0.25) is 0 Å².